The maximum absolute atomic E-state index is 8.63. The van der Waals surface area contributed by atoms with Crippen molar-refractivity contribution in [1.82, 2.24) is 0 Å². The molecule has 0 aliphatic carbocycles. The third kappa shape index (κ3) is 60.0. The molecule has 0 saturated carbocycles. The predicted molar refractivity (Wildman–Crippen MR) is 2.91 cm³/mol. The minimum absolute atomic E-state index is 3.40. The standard InChI is InChI=1S/Mn.H2O.2O/h;1H2;;/q+1;;;-1/p-1. The van der Waals surface area contributed by atoms with Crippen molar-refractivity contribution in [1.29, 1.82) is 0 Å². The first-order valence-electron chi connectivity index (χ1n) is 0.478. The minimum atomic E-state index is -3.40. The Morgan fingerprint density at radius 3 is 2.00 bits per heavy atom. The van der Waals surface area contributed by atoms with Gasteiger partial charge in [-0.05, 0) is 0 Å². The van der Waals surface area contributed by atoms with Crippen LogP contribution in [0.1, 0.15) is 0 Å². The van der Waals surface area contributed by atoms with Crippen molar-refractivity contribution in [2.75, 3.05) is 0 Å². The van der Waals surface area contributed by atoms with Crippen LogP contribution in [0.5, 0.6) is 0 Å². The summed E-state index contributed by atoms with van der Waals surface area (Å²) in [7, 11) is 0. The molecule has 0 bridgehead atoms. The molecular formula is HMnO3-. The van der Waals surface area contributed by atoms with Gasteiger partial charge in [-0.25, -0.2) is 0 Å². The molecule has 0 heterocycles. The van der Waals surface area contributed by atoms with Gasteiger partial charge >= 0.3 is 26.7 Å². The van der Waals surface area contributed by atoms with Gasteiger partial charge in [-0.3, -0.25) is 0 Å². The summed E-state index contributed by atoms with van der Waals surface area (Å²) in [6, 6.07) is 0. The van der Waals surface area contributed by atoms with Gasteiger partial charge in [0.2, 0.25) is 0 Å². The Kier molecular flexibility index (Phi) is 1.64. The Morgan fingerprint density at radius 1 is 2.00 bits per heavy atom. The van der Waals surface area contributed by atoms with Crippen LogP contribution >= 0.6 is 0 Å². The van der Waals surface area contributed by atoms with Crippen LogP contribution in [0, 0.1) is 0 Å². The van der Waals surface area contributed by atoms with Crippen molar-refractivity contribution >= 4 is 0 Å². The van der Waals surface area contributed by atoms with Crippen LogP contribution in [-0.2, 0) is 18.3 Å². The first-order chi connectivity index (χ1) is 1.73. The van der Waals surface area contributed by atoms with Crippen LogP contribution in [0.4, 0.5) is 0 Å². The molecule has 0 unspecified atom stereocenters. The molecule has 0 rings (SSSR count). The van der Waals surface area contributed by atoms with E-state index in [9.17, 15) is 0 Å². The maximum atomic E-state index is 8.63. The molecule has 0 aliphatic heterocycles. The van der Waals surface area contributed by atoms with E-state index in [0.717, 1.165) is 0 Å². The first-order valence-corrected chi connectivity index (χ1v) is 1.97. The molecule has 0 fully saturated rings. The number of hydrogen-bond acceptors (Lipinski definition) is 2. The normalized spacial score (nSPS) is 8.75. The van der Waals surface area contributed by atoms with Crippen LogP contribution < -0.4 is 4.19 Å². The van der Waals surface area contributed by atoms with Gasteiger partial charge in [0.25, 0.3) is 0 Å². The van der Waals surface area contributed by atoms with Crippen LogP contribution in [0.3, 0.4) is 0 Å². The van der Waals surface area contributed by atoms with Crippen molar-refractivity contribution in [2.24, 2.45) is 0 Å². The Hall–Kier alpha value is 0.239. The fraction of sp³-hybridized carbons (Fsp3) is 0. The molecule has 4 heavy (non-hydrogen) atoms. The molecule has 3 nitrogen and oxygen atoms in total. The third-order valence-electron chi connectivity index (χ3n) is 0. The molecule has 0 radical (unpaired) electrons. The molecule has 0 saturated heterocycles. The SMILES string of the molecule is [O]=[Mn]([O-])[OH]. The molecule has 1 N–H and O–H groups in total. The summed E-state index contributed by atoms with van der Waals surface area (Å²) in [5, 5.41) is 0. The fourth-order valence-electron chi connectivity index (χ4n) is 0. The quantitative estimate of drug-likeness (QED) is 0.366. The van der Waals surface area contributed by atoms with Gasteiger partial charge in [-0.1, -0.05) is 0 Å². The molecule has 0 amide bonds. The molecule has 0 spiro atoms. The zero-order chi connectivity index (χ0) is 3.58. The summed E-state index contributed by atoms with van der Waals surface area (Å²) < 4.78 is 24.3. The Labute approximate surface area is 27.6 Å². The summed E-state index contributed by atoms with van der Waals surface area (Å²) in [4.78, 5) is 0. The second kappa shape index (κ2) is 1.55. The van der Waals surface area contributed by atoms with Gasteiger partial charge in [0.1, 0.15) is 0 Å². The average molecular weight is 104 g/mol. The molecule has 0 aromatic carbocycles. The third-order valence-corrected chi connectivity index (χ3v) is 0. The average Bonchev–Trinajstić information content (AvgIpc) is 0.811. The zero-order valence-electron chi connectivity index (χ0n) is 1.64. The Morgan fingerprint density at radius 2 is 2.00 bits per heavy atom. The fourth-order valence-corrected chi connectivity index (χ4v) is 0. The van der Waals surface area contributed by atoms with E-state index in [1.165, 1.54) is 0 Å². The van der Waals surface area contributed by atoms with Crippen LogP contribution in [0.15, 0.2) is 0 Å². The van der Waals surface area contributed by atoms with Gasteiger partial charge in [-0.2, -0.15) is 0 Å². The molecule has 27 valence electrons. The molecule has 0 aliphatic rings. The van der Waals surface area contributed by atoms with Gasteiger partial charge < -0.3 is 0 Å². The first kappa shape index (κ1) is 4.24. The Bertz CT molecular complexity index is 26.3. The van der Waals surface area contributed by atoms with E-state index in [1.54, 1.807) is 0 Å². The van der Waals surface area contributed by atoms with Gasteiger partial charge in [0, 0.05) is 0 Å². The van der Waals surface area contributed by atoms with Crippen molar-refractivity contribution in [3.63, 3.8) is 0 Å². The van der Waals surface area contributed by atoms with Gasteiger partial charge in [-0.15, -0.1) is 0 Å². The van der Waals surface area contributed by atoms with E-state index in [4.69, 9.17) is 12.2 Å². The van der Waals surface area contributed by atoms with E-state index in [1.807, 2.05) is 0 Å². The van der Waals surface area contributed by atoms with Crippen molar-refractivity contribution < 1.29 is 26.7 Å². The summed E-state index contributed by atoms with van der Waals surface area (Å²) in [5.41, 5.74) is 0. The van der Waals surface area contributed by atoms with Crippen molar-refractivity contribution in [3.8, 4) is 0 Å². The number of hydrogen-bond donors (Lipinski definition) is 1. The van der Waals surface area contributed by atoms with E-state index in [0.29, 0.717) is 0 Å². The second-order valence-corrected chi connectivity index (χ2v) is 0.829. The second-order valence-electron chi connectivity index (χ2n) is 0.201. The molecule has 4 heteroatoms. The van der Waals surface area contributed by atoms with Crippen LogP contribution in [-0.4, -0.2) is 4.19 Å². The monoisotopic (exact) mass is 104 g/mol. The van der Waals surface area contributed by atoms with E-state index in [-0.39, 0.29) is 0 Å². The Balaban J connectivity index is 2.80. The summed E-state index contributed by atoms with van der Waals surface area (Å²) in [6.07, 6.45) is 0. The molecule has 0 aromatic rings. The van der Waals surface area contributed by atoms with E-state index < -0.39 is 14.5 Å². The summed E-state index contributed by atoms with van der Waals surface area (Å²) >= 11 is -3.40. The van der Waals surface area contributed by atoms with Gasteiger partial charge in [0.05, 0.1) is 0 Å². The summed E-state index contributed by atoms with van der Waals surface area (Å²) in [5.74, 6) is 0. The van der Waals surface area contributed by atoms with E-state index in [2.05, 4.69) is 0 Å². The van der Waals surface area contributed by atoms with Crippen molar-refractivity contribution in [2.45, 2.75) is 0 Å². The van der Waals surface area contributed by atoms with Crippen LogP contribution in [0.25, 0.3) is 0 Å². The summed E-state index contributed by atoms with van der Waals surface area (Å²) in [6.45, 7) is 0. The zero-order valence-corrected chi connectivity index (χ0v) is 2.82. The van der Waals surface area contributed by atoms with Gasteiger partial charge in [0.15, 0.2) is 0 Å². The molecular weight excluding hydrogens is 103 g/mol. The van der Waals surface area contributed by atoms with E-state index >= 15 is 0 Å². The van der Waals surface area contributed by atoms with Crippen molar-refractivity contribution in [3.05, 3.63) is 0 Å². The van der Waals surface area contributed by atoms with Crippen LogP contribution in [0.2, 0.25) is 0 Å². The topological polar surface area (TPSA) is 60.4 Å². The molecule has 0 aromatic heterocycles. The predicted octanol–water partition coefficient (Wildman–Crippen LogP) is -1.87. The molecule has 0 atom stereocenters. The number of rotatable bonds is 0.